The summed E-state index contributed by atoms with van der Waals surface area (Å²) in [5.41, 5.74) is 3.50. The molecule has 5 heteroatoms. The van der Waals surface area contributed by atoms with Crippen LogP contribution in [-0.4, -0.2) is 53.4 Å². The molecule has 1 saturated heterocycles. The summed E-state index contributed by atoms with van der Waals surface area (Å²) in [5, 5.41) is 20.3. The van der Waals surface area contributed by atoms with Crippen LogP contribution in [0.5, 0.6) is 0 Å². The molecule has 0 aromatic heterocycles. The Bertz CT molecular complexity index is 762. The molecular formula is C28H43F2NO2. The van der Waals surface area contributed by atoms with Crippen molar-refractivity contribution in [3.63, 3.8) is 0 Å². The molecule has 33 heavy (non-hydrogen) atoms. The topological polar surface area (TPSA) is 43.7 Å². The predicted molar refractivity (Wildman–Crippen MR) is 129 cm³/mol. The first kappa shape index (κ1) is 25.1. The van der Waals surface area contributed by atoms with Gasteiger partial charge in [0.05, 0.1) is 12.2 Å². The van der Waals surface area contributed by atoms with E-state index in [1.54, 1.807) is 0 Å². The van der Waals surface area contributed by atoms with Gasteiger partial charge in [0.15, 0.2) is 0 Å². The SMILES string of the molecule is C=C1[C@H](O)CC(=C/C=C2\CCC[C@]3(C)[C@@H]([C@H](C)CN4CC[C@H](CC(F)F)C4)CC[C@@H]23)C[C@H]1O. The zero-order valence-electron chi connectivity index (χ0n) is 20.5. The number of rotatable bonds is 6. The Kier molecular flexibility index (Phi) is 7.82. The van der Waals surface area contributed by atoms with Crippen molar-refractivity contribution >= 4 is 0 Å². The van der Waals surface area contributed by atoms with Crippen LogP contribution in [0, 0.1) is 29.1 Å². The lowest BCUT2D eigenvalue weighted by molar-refractivity contribution is 0.0797. The second-order valence-electron chi connectivity index (χ2n) is 11.7. The number of alkyl halides is 2. The van der Waals surface area contributed by atoms with Gasteiger partial charge in [-0.3, -0.25) is 0 Å². The summed E-state index contributed by atoms with van der Waals surface area (Å²) < 4.78 is 25.6. The zero-order valence-corrected chi connectivity index (χ0v) is 20.5. The quantitative estimate of drug-likeness (QED) is 0.494. The lowest BCUT2D eigenvalue weighted by Gasteiger charge is -2.45. The van der Waals surface area contributed by atoms with Crippen LogP contribution < -0.4 is 0 Å². The number of aliphatic hydroxyl groups excluding tert-OH is 2. The van der Waals surface area contributed by atoms with E-state index in [-0.39, 0.29) is 12.3 Å². The molecule has 0 aromatic rings. The lowest BCUT2D eigenvalue weighted by Crippen LogP contribution is -2.39. The number of likely N-dealkylation sites (tertiary alicyclic amines) is 1. The van der Waals surface area contributed by atoms with Gasteiger partial charge in [0.25, 0.3) is 0 Å². The van der Waals surface area contributed by atoms with Gasteiger partial charge in [0.2, 0.25) is 6.43 Å². The maximum atomic E-state index is 12.8. The average Bonchev–Trinajstić information content (AvgIpc) is 3.33. The van der Waals surface area contributed by atoms with Crippen molar-refractivity contribution in [3.05, 3.63) is 35.5 Å². The minimum Gasteiger partial charge on any atom is -0.388 e. The summed E-state index contributed by atoms with van der Waals surface area (Å²) in [5.74, 6) is 2.02. The van der Waals surface area contributed by atoms with E-state index in [9.17, 15) is 19.0 Å². The fourth-order valence-corrected chi connectivity index (χ4v) is 7.70. The fourth-order valence-electron chi connectivity index (χ4n) is 7.70. The Hall–Kier alpha value is -1.04. The molecule has 3 saturated carbocycles. The Morgan fingerprint density at radius 2 is 1.88 bits per heavy atom. The molecular weight excluding hydrogens is 420 g/mol. The fraction of sp³-hybridized carbons (Fsp3) is 0.786. The average molecular weight is 464 g/mol. The van der Waals surface area contributed by atoms with Crippen molar-refractivity contribution in [2.24, 2.45) is 29.1 Å². The van der Waals surface area contributed by atoms with Crippen molar-refractivity contribution in [2.45, 2.75) is 90.3 Å². The number of fused-ring (bicyclic) bond motifs is 1. The smallest absolute Gasteiger partial charge is 0.238 e. The molecule has 0 bridgehead atoms. The van der Waals surface area contributed by atoms with Gasteiger partial charge in [-0.05, 0) is 92.6 Å². The standard InChI is InChI=1S/C28H43F2NO2/c1-18(16-31-12-10-21(17-31)15-27(29)30)23-8-9-24-22(5-4-11-28(23,24)3)7-6-20-13-25(32)19(2)26(33)14-20/h6-7,18,21,23-27,32-33H,2,4-5,8-17H2,1,3H3/b22-7+/t18-,21-,23-,24+,25-,26-,28-/m1/s1. The monoisotopic (exact) mass is 463 g/mol. The van der Waals surface area contributed by atoms with Gasteiger partial charge in [-0.1, -0.05) is 43.7 Å². The van der Waals surface area contributed by atoms with Gasteiger partial charge >= 0.3 is 0 Å². The third-order valence-electron chi connectivity index (χ3n) is 9.45. The van der Waals surface area contributed by atoms with Crippen molar-refractivity contribution in [3.8, 4) is 0 Å². The zero-order chi connectivity index (χ0) is 23.8. The molecule has 4 aliphatic rings. The normalized spacial score (nSPS) is 40.0. The molecule has 186 valence electrons. The Labute approximate surface area is 198 Å². The number of hydrogen-bond acceptors (Lipinski definition) is 3. The third kappa shape index (κ3) is 5.46. The first-order chi connectivity index (χ1) is 15.7. The lowest BCUT2D eigenvalue weighted by atomic mass is 9.61. The maximum Gasteiger partial charge on any atom is 0.238 e. The van der Waals surface area contributed by atoms with E-state index in [0.717, 1.165) is 38.0 Å². The van der Waals surface area contributed by atoms with Crippen LogP contribution in [0.25, 0.3) is 0 Å². The molecule has 4 fully saturated rings. The molecule has 1 aliphatic heterocycles. The molecule has 0 amide bonds. The highest BCUT2D eigenvalue weighted by Gasteiger charge is 2.50. The second kappa shape index (κ2) is 10.3. The van der Waals surface area contributed by atoms with Crippen molar-refractivity contribution < 1.29 is 19.0 Å². The van der Waals surface area contributed by atoms with Crippen LogP contribution in [0.2, 0.25) is 0 Å². The Morgan fingerprint density at radius 1 is 1.15 bits per heavy atom. The first-order valence-corrected chi connectivity index (χ1v) is 13.1. The van der Waals surface area contributed by atoms with Crippen LogP contribution in [-0.2, 0) is 0 Å². The molecule has 2 N–H and O–H groups in total. The summed E-state index contributed by atoms with van der Waals surface area (Å²) >= 11 is 0. The third-order valence-corrected chi connectivity index (χ3v) is 9.45. The molecule has 7 atom stereocenters. The van der Waals surface area contributed by atoms with Gasteiger partial charge in [-0.15, -0.1) is 0 Å². The van der Waals surface area contributed by atoms with E-state index in [2.05, 4.69) is 37.5 Å². The van der Waals surface area contributed by atoms with Crippen LogP contribution in [0.15, 0.2) is 35.5 Å². The summed E-state index contributed by atoms with van der Waals surface area (Å²) in [4.78, 5) is 2.44. The van der Waals surface area contributed by atoms with Crippen molar-refractivity contribution in [1.82, 2.24) is 4.90 Å². The molecule has 1 heterocycles. The highest BCUT2D eigenvalue weighted by molar-refractivity contribution is 5.29. The van der Waals surface area contributed by atoms with Crippen LogP contribution in [0.4, 0.5) is 8.78 Å². The molecule has 0 aromatic carbocycles. The van der Waals surface area contributed by atoms with Crippen LogP contribution in [0.3, 0.4) is 0 Å². The number of nitrogens with zero attached hydrogens (tertiary/aromatic N) is 1. The largest absolute Gasteiger partial charge is 0.388 e. The molecule has 0 spiro atoms. The van der Waals surface area contributed by atoms with Crippen LogP contribution in [0.1, 0.15) is 71.6 Å². The van der Waals surface area contributed by atoms with Gasteiger partial charge in [0.1, 0.15) is 0 Å². The summed E-state index contributed by atoms with van der Waals surface area (Å²) in [6, 6.07) is 0. The van der Waals surface area contributed by atoms with E-state index < -0.39 is 18.6 Å². The Balaban J connectivity index is 1.40. The molecule has 0 unspecified atom stereocenters. The van der Waals surface area contributed by atoms with Gasteiger partial charge in [-0.25, -0.2) is 8.78 Å². The van der Waals surface area contributed by atoms with Gasteiger partial charge < -0.3 is 15.1 Å². The number of halogens is 2. The highest BCUT2D eigenvalue weighted by Crippen LogP contribution is 2.59. The number of allylic oxidation sites excluding steroid dienone is 3. The van der Waals surface area contributed by atoms with Crippen molar-refractivity contribution in [2.75, 3.05) is 19.6 Å². The minimum absolute atomic E-state index is 0.0555. The summed E-state index contributed by atoms with van der Waals surface area (Å²) in [6.45, 7) is 11.5. The van der Waals surface area contributed by atoms with E-state index in [1.807, 2.05) is 0 Å². The van der Waals surface area contributed by atoms with Gasteiger partial charge in [-0.2, -0.15) is 0 Å². The maximum absolute atomic E-state index is 12.8. The second-order valence-corrected chi connectivity index (χ2v) is 11.7. The highest BCUT2D eigenvalue weighted by atomic mass is 19.3. The molecule has 0 radical (unpaired) electrons. The Morgan fingerprint density at radius 3 is 2.58 bits per heavy atom. The predicted octanol–water partition coefficient (Wildman–Crippen LogP) is 5.74. The van der Waals surface area contributed by atoms with E-state index >= 15 is 0 Å². The first-order valence-electron chi connectivity index (χ1n) is 13.1. The van der Waals surface area contributed by atoms with Crippen LogP contribution >= 0.6 is 0 Å². The van der Waals surface area contributed by atoms with E-state index in [4.69, 9.17) is 0 Å². The summed E-state index contributed by atoms with van der Waals surface area (Å²) in [6.07, 6.45) is 9.23. The van der Waals surface area contributed by atoms with Gasteiger partial charge in [0, 0.05) is 19.5 Å². The molecule has 3 aliphatic carbocycles. The minimum atomic E-state index is -2.18. The number of aliphatic hydroxyl groups is 2. The van der Waals surface area contributed by atoms with Crippen molar-refractivity contribution in [1.29, 1.82) is 0 Å². The van der Waals surface area contributed by atoms with E-state index in [1.165, 1.54) is 31.3 Å². The summed E-state index contributed by atoms with van der Waals surface area (Å²) in [7, 11) is 0. The molecule has 4 rings (SSSR count). The molecule has 3 nitrogen and oxygen atoms in total. The van der Waals surface area contributed by atoms with E-state index in [0.29, 0.717) is 41.6 Å². The number of hydrogen-bond donors (Lipinski definition) is 2.